The lowest BCUT2D eigenvalue weighted by molar-refractivity contribution is -0.115. The quantitative estimate of drug-likeness (QED) is 0.410. The molecule has 166 valence electrons. The predicted molar refractivity (Wildman–Crippen MR) is 123 cm³/mol. The summed E-state index contributed by atoms with van der Waals surface area (Å²) in [6.07, 6.45) is 1.76. The van der Waals surface area contributed by atoms with E-state index >= 15 is 0 Å². The monoisotopic (exact) mass is 481 g/mol. The smallest absolute Gasteiger partial charge is 0.337 e. The highest BCUT2D eigenvalue weighted by Crippen LogP contribution is 2.38. The number of carboxylic acids is 1. The first kappa shape index (κ1) is 23.7. The van der Waals surface area contributed by atoms with Crippen molar-refractivity contribution in [2.24, 2.45) is 0 Å². The van der Waals surface area contributed by atoms with Crippen molar-refractivity contribution in [3.05, 3.63) is 58.3 Å². The van der Waals surface area contributed by atoms with Crippen LogP contribution in [0.15, 0.2) is 46.0 Å². The highest BCUT2D eigenvalue weighted by atomic mass is 35.5. The summed E-state index contributed by atoms with van der Waals surface area (Å²) < 4.78 is 5.38. The fourth-order valence-electron chi connectivity index (χ4n) is 3.00. The summed E-state index contributed by atoms with van der Waals surface area (Å²) >= 11 is 6.88. The molecule has 0 radical (unpaired) electrons. The molecule has 0 fully saturated rings. The second-order valence-corrected chi connectivity index (χ2v) is 8.23. The van der Waals surface area contributed by atoms with E-state index in [1.807, 2.05) is 12.1 Å². The van der Waals surface area contributed by atoms with Crippen LogP contribution in [0.3, 0.4) is 0 Å². The van der Waals surface area contributed by atoms with Crippen molar-refractivity contribution >= 4 is 46.7 Å². The number of pyridine rings is 1. The van der Waals surface area contributed by atoms with Crippen molar-refractivity contribution in [2.75, 3.05) is 11.1 Å². The number of carbonyl (C=O) groups excluding carboxylic acids is 1. The van der Waals surface area contributed by atoms with Crippen LogP contribution < -0.4 is 11.1 Å². The molecule has 2 heterocycles. The van der Waals surface area contributed by atoms with Crippen LogP contribution in [0.5, 0.6) is 0 Å². The SMILES string of the molecule is CCC(Sc1nc(N)c(C#N)c(-c2ccco2)c1C#N)C(=O)Nc1ccc(Cl)c(C(=O)O)c1. The minimum atomic E-state index is -1.22. The first-order valence-corrected chi connectivity index (χ1v) is 10.7. The lowest BCUT2D eigenvalue weighted by Gasteiger charge is -2.17. The molecule has 9 nitrogen and oxygen atoms in total. The maximum Gasteiger partial charge on any atom is 0.337 e. The maximum absolute atomic E-state index is 12.9. The lowest BCUT2D eigenvalue weighted by atomic mass is 10.0. The fraction of sp³-hybridized carbons (Fsp3) is 0.136. The Morgan fingerprint density at radius 2 is 2.03 bits per heavy atom. The van der Waals surface area contributed by atoms with E-state index in [1.165, 1.54) is 24.5 Å². The predicted octanol–water partition coefficient (Wildman–Crippen LogP) is 4.53. The van der Waals surface area contributed by atoms with Crippen LogP contribution in [0, 0.1) is 22.7 Å². The minimum absolute atomic E-state index is 0.00529. The van der Waals surface area contributed by atoms with E-state index in [1.54, 1.807) is 19.1 Å². The molecule has 11 heteroatoms. The molecule has 2 aromatic heterocycles. The van der Waals surface area contributed by atoms with Gasteiger partial charge >= 0.3 is 5.97 Å². The van der Waals surface area contributed by atoms with Gasteiger partial charge in [0, 0.05) is 5.69 Å². The highest BCUT2D eigenvalue weighted by molar-refractivity contribution is 8.00. The number of rotatable bonds is 7. The number of nitriles is 2. The summed E-state index contributed by atoms with van der Waals surface area (Å²) in [4.78, 5) is 28.4. The van der Waals surface area contributed by atoms with Crippen molar-refractivity contribution < 1.29 is 19.1 Å². The third-order valence-electron chi connectivity index (χ3n) is 4.56. The Kier molecular flexibility index (Phi) is 7.23. The van der Waals surface area contributed by atoms with Gasteiger partial charge in [0.2, 0.25) is 5.91 Å². The lowest BCUT2D eigenvalue weighted by Crippen LogP contribution is -2.25. The molecule has 1 unspecified atom stereocenters. The third kappa shape index (κ3) is 4.93. The number of carbonyl (C=O) groups is 2. The minimum Gasteiger partial charge on any atom is -0.478 e. The summed E-state index contributed by atoms with van der Waals surface area (Å²) in [6, 6.07) is 11.3. The van der Waals surface area contributed by atoms with Gasteiger partial charge in [-0.15, -0.1) is 0 Å². The van der Waals surface area contributed by atoms with Crippen LogP contribution in [-0.2, 0) is 4.79 Å². The van der Waals surface area contributed by atoms with Crippen molar-refractivity contribution in [2.45, 2.75) is 23.6 Å². The number of halogens is 1. The average molecular weight is 482 g/mol. The number of aromatic nitrogens is 1. The van der Waals surface area contributed by atoms with Gasteiger partial charge in [0.15, 0.2) is 0 Å². The molecule has 3 rings (SSSR count). The molecular weight excluding hydrogens is 466 g/mol. The van der Waals surface area contributed by atoms with Crippen LogP contribution in [0.1, 0.15) is 34.8 Å². The van der Waals surface area contributed by atoms with Crippen LogP contribution in [0.25, 0.3) is 11.3 Å². The molecule has 0 bridgehead atoms. The Morgan fingerprint density at radius 3 is 2.61 bits per heavy atom. The molecule has 0 aliphatic carbocycles. The van der Waals surface area contributed by atoms with Crippen LogP contribution in [-0.4, -0.2) is 27.2 Å². The van der Waals surface area contributed by atoms with Gasteiger partial charge in [-0.1, -0.05) is 30.3 Å². The second-order valence-electron chi connectivity index (χ2n) is 6.63. The summed E-state index contributed by atoms with van der Waals surface area (Å²) in [5.74, 6) is -1.48. The number of nitrogens with zero attached hydrogens (tertiary/aromatic N) is 3. The Labute approximate surface area is 197 Å². The summed E-state index contributed by atoms with van der Waals surface area (Å²) in [6.45, 7) is 1.77. The molecule has 1 amide bonds. The maximum atomic E-state index is 12.9. The van der Waals surface area contributed by atoms with Gasteiger partial charge in [0.05, 0.1) is 33.2 Å². The van der Waals surface area contributed by atoms with Crippen molar-refractivity contribution in [3.63, 3.8) is 0 Å². The standard InChI is InChI=1S/C22H16ClN5O4S/c1-2-17(20(29)27-11-5-6-15(23)12(8-11)22(30)31)33-21-14(10-25)18(16-4-3-7-32-16)13(9-24)19(26)28-21/h3-8,17H,2H2,1H3,(H2,26,28)(H,27,29)(H,30,31). The first-order chi connectivity index (χ1) is 15.8. The normalized spacial score (nSPS) is 11.3. The summed E-state index contributed by atoms with van der Waals surface area (Å²) in [5, 5.41) is 30.7. The summed E-state index contributed by atoms with van der Waals surface area (Å²) in [7, 11) is 0. The van der Waals surface area contributed by atoms with E-state index in [0.717, 1.165) is 11.8 Å². The Balaban J connectivity index is 1.96. The van der Waals surface area contributed by atoms with Crippen molar-refractivity contribution in [1.82, 2.24) is 4.98 Å². The highest BCUT2D eigenvalue weighted by Gasteiger charge is 2.26. The molecular formula is C22H16ClN5O4S. The molecule has 33 heavy (non-hydrogen) atoms. The molecule has 0 aliphatic heterocycles. The zero-order valence-corrected chi connectivity index (χ0v) is 18.7. The average Bonchev–Trinajstić information content (AvgIpc) is 3.32. The Hall–Kier alpha value is -3.99. The number of hydrogen-bond acceptors (Lipinski definition) is 8. The number of amides is 1. The Bertz CT molecular complexity index is 1310. The molecule has 1 atom stereocenters. The molecule has 1 aromatic carbocycles. The fourth-order valence-corrected chi connectivity index (χ4v) is 4.21. The van der Waals surface area contributed by atoms with Crippen LogP contribution in [0.2, 0.25) is 5.02 Å². The number of carboxylic acid groups (broad SMARTS) is 1. The van der Waals surface area contributed by atoms with Gasteiger partial charge in [-0.25, -0.2) is 9.78 Å². The van der Waals surface area contributed by atoms with Gasteiger partial charge in [0.1, 0.15) is 34.3 Å². The topological polar surface area (TPSA) is 166 Å². The van der Waals surface area contributed by atoms with Gasteiger partial charge in [0.25, 0.3) is 0 Å². The zero-order chi connectivity index (χ0) is 24.1. The van der Waals surface area contributed by atoms with Gasteiger partial charge < -0.3 is 20.6 Å². The largest absolute Gasteiger partial charge is 0.478 e. The number of anilines is 2. The number of nitrogens with one attached hydrogen (secondary N) is 1. The number of nitrogen functional groups attached to an aromatic ring is 1. The second kappa shape index (κ2) is 10.1. The molecule has 0 spiro atoms. The number of thioether (sulfide) groups is 1. The van der Waals surface area contributed by atoms with E-state index in [4.69, 9.17) is 21.8 Å². The van der Waals surface area contributed by atoms with Gasteiger partial charge in [-0.2, -0.15) is 10.5 Å². The third-order valence-corrected chi connectivity index (χ3v) is 6.24. The number of aromatic carboxylic acids is 1. The van der Waals surface area contributed by atoms with E-state index in [-0.39, 0.29) is 49.6 Å². The van der Waals surface area contributed by atoms with E-state index in [2.05, 4.69) is 10.3 Å². The first-order valence-electron chi connectivity index (χ1n) is 9.48. The zero-order valence-electron chi connectivity index (χ0n) is 17.1. The van der Waals surface area contributed by atoms with Crippen LogP contribution in [0.4, 0.5) is 11.5 Å². The molecule has 0 saturated heterocycles. The molecule has 0 saturated carbocycles. The Morgan fingerprint density at radius 1 is 1.30 bits per heavy atom. The summed E-state index contributed by atoms with van der Waals surface area (Å²) in [5.41, 5.74) is 6.35. The van der Waals surface area contributed by atoms with Crippen LogP contribution >= 0.6 is 23.4 Å². The number of furan rings is 1. The van der Waals surface area contributed by atoms with E-state index in [0.29, 0.717) is 6.42 Å². The number of nitrogens with two attached hydrogens (primary N) is 1. The van der Waals surface area contributed by atoms with E-state index < -0.39 is 17.1 Å². The molecule has 4 N–H and O–H groups in total. The van der Waals surface area contributed by atoms with Gasteiger partial charge in [-0.05, 0) is 36.8 Å². The van der Waals surface area contributed by atoms with Crippen molar-refractivity contribution in [1.29, 1.82) is 10.5 Å². The number of hydrogen-bond donors (Lipinski definition) is 3. The van der Waals surface area contributed by atoms with Crippen molar-refractivity contribution in [3.8, 4) is 23.5 Å². The molecule has 3 aromatic rings. The van der Waals surface area contributed by atoms with E-state index in [9.17, 15) is 25.2 Å². The van der Waals surface area contributed by atoms with Gasteiger partial charge in [-0.3, -0.25) is 4.79 Å². The molecule has 0 aliphatic rings. The number of benzene rings is 1.